The highest BCUT2D eigenvalue weighted by Crippen LogP contribution is 2.40. The van der Waals surface area contributed by atoms with Gasteiger partial charge in [-0.05, 0) is 80.8 Å². The number of nitrogens with one attached hydrogen (secondary N) is 2. The molecule has 6 rings (SSSR count). The molecule has 2 N–H and O–H groups in total. The lowest BCUT2D eigenvalue weighted by Crippen LogP contribution is -2.41. The van der Waals surface area contributed by atoms with Gasteiger partial charge < -0.3 is 10.6 Å². The average molecular weight is 490 g/mol. The quantitative estimate of drug-likeness (QED) is 0.486. The fourth-order valence-corrected chi connectivity index (χ4v) is 6.87. The van der Waals surface area contributed by atoms with Crippen LogP contribution in [0.3, 0.4) is 0 Å². The van der Waals surface area contributed by atoms with Gasteiger partial charge in [-0.2, -0.15) is 0 Å². The Hall–Kier alpha value is -2.77. The summed E-state index contributed by atoms with van der Waals surface area (Å²) >= 11 is 0. The average Bonchev–Trinajstić information content (AvgIpc) is 3.81. The molecule has 3 fully saturated rings. The van der Waals surface area contributed by atoms with Gasteiger partial charge in [0.25, 0.3) is 5.91 Å². The van der Waals surface area contributed by atoms with Crippen molar-refractivity contribution >= 4 is 26.6 Å². The Kier molecular flexibility index (Phi) is 5.85. The Balaban J connectivity index is 1.30. The number of sulfone groups is 1. The summed E-state index contributed by atoms with van der Waals surface area (Å²) in [6, 6.07) is 16.8. The zero-order valence-electron chi connectivity index (χ0n) is 19.7. The Bertz CT molecular complexity index is 1360. The summed E-state index contributed by atoms with van der Waals surface area (Å²) in [5.74, 6) is 0.873. The molecule has 2 aromatic carbocycles. The molecule has 0 bridgehead atoms. The summed E-state index contributed by atoms with van der Waals surface area (Å²) < 4.78 is 25.4. The van der Waals surface area contributed by atoms with E-state index in [4.69, 9.17) is 4.98 Å². The van der Waals surface area contributed by atoms with Crippen LogP contribution in [-0.4, -0.2) is 37.6 Å². The van der Waals surface area contributed by atoms with E-state index in [1.54, 1.807) is 12.1 Å². The lowest BCUT2D eigenvalue weighted by Gasteiger charge is -2.26. The molecule has 2 saturated carbocycles. The number of fused-ring (bicyclic) bond motifs is 1. The lowest BCUT2D eigenvalue weighted by atomic mass is 9.97. The van der Waals surface area contributed by atoms with Crippen molar-refractivity contribution in [2.45, 2.75) is 61.4 Å². The van der Waals surface area contributed by atoms with Crippen LogP contribution < -0.4 is 10.6 Å². The molecular formula is C28H31N3O3S. The van der Waals surface area contributed by atoms with E-state index in [2.05, 4.69) is 10.6 Å². The first kappa shape index (κ1) is 22.7. The SMILES string of the molecule is O=C(NC(c1ccc(S(=O)(=O)CC2CC2)cc1)[C@H]1CCCN1)c1cc(C2CC2)nc2ccccc12. The molecule has 1 saturated heterocycles. The second-order valence-corrected chi connectivity index (χ2v) is 12.4. The van der Waals surface area contributed by atoms with Gasteiger partial charge in [0, 0.05) is 23.0 Å². The third-order valence-electron chi connectivity index (χ3n) is 7.51. The largest absolute Gasteiger partial charge is 0.344 e. The van der Waals surface area contributed by atoms with Crippen molar-refractivity contribution in [1.29, 1.82) is 0 Å². The molecule has 0 radical (unpaired) electrons. The first-order chi connectivity index (χ1) is 17.0. The maximum atomic E-state index is 13.7. The number of para-hydroxylation sites is 1. The number of pyridine rings is 1. The number of rotatable bonds is 8. The summed E-state index contributed by atoms with van der Waals surface area (Å²) in [6.45, 7) is 0.912. The predicted octanol–water partition coefficient (Wildman–Crippen LogP) is 4.52. The number of amides is 1. The van der Waals surface area contributed by atoms with Gasteiger partial charge in [-0.3, -0.25) is 9.78 Å². The van der Waals surface area contributed by atoms with Crippen molar-refractivity contribution in [3.8, 4) is 0 Å². The monoisotopic (exact) mass is 489 g/mol. The Labute approximate surface area is 206 Å². The van der Waals surface area contributed by atoms with Gasteiger partial charge in [0.05, 0.1) is 27.8 Å². The fraction of sp³-hybridized carbons (Fsp3) is 0.429. The minimum Gasteiger partial charge on any atom is -0.344 e. The van der Waals surface area contributed by atoms with Crippen LogP contribution in [0, 0.1) is 5.92 Å². The number of aromatic nitrogens is 1. The fourth-order valence-electron chi connectivity index (χ4n) is 5.18. The number of carbonyl (C=O) groups is 1. The Morgan fingerprint density at radius 2 is 1.80 bits per heavy atom. The lowest BCUT2D eigenvalue weighted by molar-refractivity contribution is 0.0930. The first-order valence-electron chi connectivity index (χ1n) is 12.7. The van der Waals surface area contributed by atoms with Crippen LogP contribution in [0.15, 0.2) is 59.5 Å². The van der Waals surface area contributed by atoms with E-state index in [1.807, 2.05) is 42.5 Å². The summed E-state index contributed by atoms with van der Waals surface area (Å²) in [5, 5.41) is 7.67. The van der Waals surface area contributed by atoms with Crippen molar-refractivity contribution in [2.75, 3.05) is 12.3 Å². The van der Waals surface area contributed by atoms with Gasteiger partial charge in [-0.25, -0.2) is 8.42 Å². The molecule has 2 heterocycles. The smallest absolute Gasteiger partial charge is 0.252 e. The molecule has 1 aliphatic heterocycles. The number of carbonyl (C=O) groups excluding carboxylic acids is 1. The van der Waals surface area contributed by atoms with Crippen LogP contribution in [0.5, 0.6) is 0 Å². The van der Waals surface area contributed by atoms with Gasteiger partial charge in [-0.15, -0.1) is 0 Å². The van der Waals surface area contributed by atoms with Crippen molar-refractivity contribution in [3.63, 3.8) is 0 Å². The van der Waals surface area contributed by atoms with Crippen LogP contribution in [0.1, 0.15) is 72.1 Å². The van der Waals surface area contributed by atoms with Crippen LogP contribution in [-0.2, 0) is 9.84 Å². The second-order valence-electron chi connectivity index (χ2n) is 10.3. The maximum absolute atomic E-state index is 13.7. The van der Waals surface area contributed by atoms with E-state index >= 15 is 0 Å². The molecule has 3 aliphatic rings. The van der Waals surface area contributed by atoms with E-state index in [9.17, 15) is 13.2 Å². The summed E-state index contributed by atoms with van der Waals surface area (Å²) in [5.41, 5.74) is 3.42. The molecule has 3 aromatic rings. The van der Waals surface area contributed by atoms with Crippen LogP contribution >= 0.6 is 0 Å². The predicted molar refractivity (Wildman–Crippen MR) is 136 cm³/mol. The third kappa shape index (κ3) is 4.84. The van der Waals surface area contributed by atoms with Crippen LogP contribution in [0.25, 0.3) is 10.9 Å². The van der Waals surface area contributed by atoms with Gasteiger partial charge in [0.2, 0.25) is 0 Å². The minimum absolute atomic E-state index is 0.101. The molecule has 1 unspecified atom stereocenters. The van der Waals surface area contributed by atoms with Gasteiger partial charge in [0.1, 0.15) is 0 Å². The third-order valence-corrected chi connectivity index (χ3v) is 9.41. The van der Waals surface area contributed by atoms with Gasteiger partial charge in [-0.1, -0.05) is 30.3 Å². The molecule has 1 aromatic heterocycles. The second kappa shape index (κ2) is 9.03. The molecule has 6 nitrogen and oxygen atoms in total. The standard InChI is InChI=1S/C28H31N3O3S/c32-28(23-16-26(19-9-10-19)30-24-5-2-1-4-22(23)24)31-27(25-6-3-15-29-25)20-11-13-21(14-12-20)35(33,34)17-18-7-8-18/h1-2,4-5,11-14,16,18-19,25,27,29H,3,6-10,15,17H2,(H,31,32)/t25-,27?/m1/s1. The molecule has 2 atom stereocenters. The van der Waals surface area contributed by atoms with Crippen molar-refractivity contribution < 1.29 is 13.2 Å². The van der Waals surface area contributed by atoms with E-state index in [1.165, 1.54) is 0 Å². The maximum Gasteiger partial charge on any atom is 0.252 e. The molecule has 35 heavy (non-hydrogen) atoms. The topological polar surface area (TPSA) is 88.2 Å². The van der Waals surface area contributed by atoms with Crippen molar-refractivity contribution in [1.82, 2.24) is 15.6 Å². The summed E-state index contributed by atoms with van der Waals surface area (Å²) in [6.07, 6.45) is 6.26. The number of hydrogen-bond acceptors (Lipinski definition) is 5. The highest BCUT2D eigenvalue weighted by molar-refractivity contribution is 7.91. The first-order valence-corrected chi connectivity index (χ1v) is 14.4. The van der Waals surface area contributed by atoms with Crippen molar-refractivity contribution in [2.24, 2.45) is 5.92 Å². The number of nitrogens with zero attached hydrogens (tertiary/aromatic N) is 1. The van der Waals surface area contributed by atoms with E-state index in [-0.39, 0.29) is 23.7 Å². The van der Waals surface area contributed by atoms with Gasteiger partial charge in [0.15, 0.2) is 9.84 Å². The van der Waals surface area contributed by atoms with Crippen LogP contribution in [0.2, 0.25) is 0 Å². The van der Waals surface area contributed by atoms with Gasteiger partial charge >= 0.3 is 0 Å². The van der Waals surface area contributed by atoms with E-state index in [0.717, 1.165) is 67.2 Å². The van der Waals surface area contributed by atoms with Crippen molar-refractivity contribution in [3.05, 3.63) is 71.4 Å². The zero-order chi connectivity index (χ0) is 24.0. The highest BCUT2D eigenvalue weighted by Gasteiger charge is 2.32. The molecular weight excluding hydrogens is 458 g/mol. The summed E-state index contributed by atoms with van der Waals surface area (Å²) in [4.78, 5) is 18.9. The molecule has 182 valence electrons. The zero-order valence-corrected chi connectivity index (χ0v) is 20.6. The molecule has 0 spiro atoms. The molecule has 7 heteroatoms. The number of hydrogen-bond donors (Lipinski definition) is 2. The Morgan fingerprint density at radius 3 is 2.49 bits per heavy atom. The Morgan fingerprint density at radius 1 is 1.03 bits per heavy atom. The highest BCUT2D eigenvalue weighted by atomic mass is 32.2. The molecule has 2 aliphatic carbocycles. The minimum atomic E-state index is -3.27. The van der Waals surface area contributed by atoms with E-state index in [0.29, 0.717) is 22.3 Å². The number of benzene rings is 2. The van der Waals surface area contributed by atoms with Crippen LogP contribution in [0.4, 0.5) is 0 Å². The molecule has 1 amide bonds. The van der Waals surface area contributed by atoms with E-state index < -0.39 is 9.84 Å². The summed E-state index contributed by atoms with van der Waals surface area (Å²) in [7, 11) is -3.27. The normalized spacial score (nSPS) is 21.2.